The highest BCUT2D eigenvalue weighted by atomic mass is 32.1. The first-order valence-electron chi connectivity index (χ1n) is 3.91. The number of thiocarbonyl (C=S) groups is 1. The van der Waals surface area contributed by atoms with Gasteiger partial charge in [-0.2, -0.15) is 4.99 Å². The van der Waals surface area contributed by atoms with E-state index in [9.17, 15) is 4.79 Å². The van der Waals surface area contributed by atoms with Crippen molar-refractivity contribution in [3.63, 3.8) is 0 Å². The molecule has 0 saturated carbocycles. The molecule has 0 aliphatic carbocycles. The van der Waals surface area contributed by atoms with Crippen molar-refractivity contribution in [2.45, 2.75) is 0 Å². The summed E-state index contributed by atoms with van der Waals surface area (Å²) >= 11 is 4.49. The Kier molecular flexibility index (Phi) is 2.23. The summed E-state index contributed by atoms with van der Waals surface area (Å²) < 4.78 is 4.95. The van der Waals surface area contributed by atoms with Crippen LogP contribution in [0.3, 0.4) is 0 Å². The summed E-state index contributed by atoms with van der Waals surface area (Å²) in [6, 6.07) is 8.22. The van der Waals surface area contributed by atoms with E-state index in [1.807, 2.05) is 0 Å². The Bertz CT molecular complexity index is 582. The number of hydrogen-bond acceptors (Lipinski definition) is 4. The molecule has 1 aromatic heterocycles. The summed E-state index contributed by atoms with van der Waals surface area (Å²) in [7, 11) is 0. The molecule has 0 bridgehead atoms. The number of benzene rings is 1. The van der Waals surface area contributed by atoms with Gasteiger partial charge in [-0.15, -0.1) is 0 Å². The molecule has 0 amide bonds. The van der Waals surface area contributed by atoms with Crippen molar-refractivity contribution in [2.24, 2.45) is 4.99 Å². The fourth-order valence-electron chi connectivity index (χ4n) is 1.18. The topological polar surface area (TPSA) is 42.6 Å². The van der Waals surface area contributed by atoms with Crippen LogP contribution in [0.15, 0.2) is 44.5 Å². The van der Waals surface area contributed by atoms with Crippen LogP contribution >= 0.6 is 12.2 Å². The van der Waals surface area contributed by atoms with Gasteiger partial charge in [0.15, 0.2) is 0 Å². The van der Waals surface area contributed by atoms with Gasteiger partial charge in [0.1, 0.15) is 5.58 Å². The average Bonchev–Trinajstić information content (AvgIpc) is 2.19. The zero-order valence-corrected chi connectivity index (χ0v) is 7.88. The van der Waals surface area contributed by atoms with Crippen LogP contribution in [0.1, 0.15) is 0 Å². The normalized spacial score (nSPS) is 9.71. The molecule has 2 rings (SSSR count). The molecule has 1 heterocycles. The number of fused-ring (bicyclic) bond motifs is 1. The summed E-state index contributed by atoms with van der Waals surface area (Å²) in [5, 5.41) is 3.09. The van der Waals surface area contributed by atoms with E-state index in [0.29, 0.717) is 11.3 Å². The van der Waals surface area contributed by atoms with Gasteiger partial charge in [-0.25, -0.2) is 4.79 Å². The van der Waals surface area contributed by atoms with Crippen LogP contribution in [0, 0.1) is 0 Å². The SMILES string of the molecule is O=c1ccc2cc(N=C=S)ccc2o1. The van der Waals surface area contributed by atoms with Crippen LogP contribution in [0.5, 0.6) is 0 Å². The molecule has 0 spiro atoms. The zero-order valence-electron chi connectivity index (χ0n) is 7.06. The van der Waals surface area contributed by atoms with E-state index in [1.165, 1.54) is 6.07 Å². The van der Waals surface area contributed by atoms with E-state index < -0.39 is 0 Å². The van der Waals surface area contributed by atoms with E-state index in [4.69, 9.17) is 4.42 Å². The molecule has 0 radical (unpaired) electrons. The Hall–Kier alpha value is -1.77. The fourth-order valence-corrected chi connectivity index (χ4v) is 1.29. The summed E-state index contributed by atoms with van der Waals surface area (Å²) in [5.74, 6) is 0. The molecule has 3 nitrogen and oxygen atoms in total. The molecule has 0 aliphatic heterocycles. The molecule has 0 atom stereocenters. The van der Waals surface area contributed by atoms with Crippen LogP contribution in [0.4, 0.5) is 5.69 Å². The molecule has 4 heteroatoms. The number of hydrogen-bond donors (Lipinski definition) is 0. The second-order valence-corrected chi connectivity index (χ2v) is 2.86. The van der Waals surface area contributed by atoms with E-state index in [0.717, 1.165) is 5.39 Å². The summed E-state index contributed by atoms with van der Waals surface area (Å²) in [4.78, 5) is 14.7. The highest BCUT2D eigenvalue weighted by molar-refractivity contribution is 7.78. The van der Waals surface area contributed by atoms with Crippen molar-refractivity contribution < 1.29 is 4.42 Å². The molecule has 1 aromatic carbocycles. The summed E-state index contributed by atoms with van der Waals surface area (Å²) in [6.07, 6.45) is 0. The van der Waals surface area contributed by atoms with E-state index in [1.54, 1.807) is 24.3 Å². The largest absolute Gasteiger partial charge is 0.423 e. The molecule has 0 aliphatic rings. The van der Waals surface area contributed by atoms with Gasteiger partial charge < -0.3 is 4.42 Å². The average molecular weight is 203 g/mol. The summed E-state index contributed by atoms with van der Waals surface area (Å²) in [5.41, 5.74) is 0.880. The predicted octanol–water partition coefficient (Wildman–Crippen LogP) is 2.53. The molecular formula is C10H5NO2S. The number of nitrogens with zero attached hydrogens (tertiary/aromatic N) is 1. The van der Waals surface area contributed by atoms with Crippen molar-refractivity contribution in [3.05, 3.63) is 40.8 Å². The van der Waals surface area contributed by atoms with Crippen LogP contribution in [0.25, 0.3) is 11.0 Å². The van der Waals surface area contributed by atoms with Gasteiger partial charge in [-0.3, -0.25) is 0 Å². The monoisotopic (exact) mass is 203 g/mol. The third kappa shape index (κ3) is 1.62. The lowest BCUT2D eigenvalue weighted by molar-refractivity contribution is 0.561. The molecule has 2 aromatic rings. The third-order valence-electron chi connectivity index (χ3n) is 1.78. The first-order chi connectivity index (χ1) is 6.79. The number of isothiocyanates is 1. The van der Waals surface area contributed by atoms with Crippen molar-refractivity contribution in [3.8, 4) is 0 Å². The summed E-state index contributed by atoms with van der Waals surface area (Å²) in [6.45, 7) is 0. The zero-order chi connectivity index (χ0) is 9.97. The van der Waals surface area contributed by atoms with Gasteiger partial charge in [0.25, 0.3) is 0 Å². The lowest BCUT2D eigenvalue weighted by Gasteiger charge is -1.95. The second kappa shape index (κ2) is 3.54. The molecule has 68 valence electrons. The number of rotatable bonds is 1. The Labute approximate surface area is 84.7 Å². The van der Waals surface area contributed by atoms with Crippen molar-refractivity contribution in [1.29, 1.82) is 0 Å². The Morgan fingerprint density at radius 3 is 2.93 bits per heavy atom. The molecular weight excluding hydrogens is 198 g/mol. The van der Waals surface area contributed by atoms with Crippen LogP contribution < -0.4 is 5.63 Å². The smallest absolute Gasteiger partial charge is 0.336 e. The second-order valence-electron chi connectivity index (χ2n) is 2.68. The van der Waals surface area contributed by atoms with Gasteiger partial charge >= 0.3 is 5.63 Å². The lowest BCUT2D eigenvalue weighted by atomic mass is 10.2. The minimum Gasteiger partial charge on any atom is -0.423 e. The maximum Gasteiger partial charge on any atom is 0.336 e. The van der Waals surface area contributed by atoms with Crippen LogP contribution in [0.2, 0.25) is 0 Å². The van der Waals surface area contributed by atoms with E-state index in [2.05, 4.69) is 22.4 Å². The standard InChI is InChI=1S/C10H5NO2S/c12-10-4-1-7-5-8(11-6-14)2-3-9(7)13-10/h1-5H. The maximum absolute atomic E-state index is 10.9. The third-order valence-corrected chi connectivity index (χ3v) is 1.87. The highest BCUT2D eigenvalue weighted by Crippen LogP contribution is 2.19. The van der Waals surface area contributed by atoms with Crippen molar-refractivity contribution in [1.82, 2.24) is 0 Å². The highest BCUT2D eigenvalue weighted by Gasteiger charge is 1.97. The quantitative estimate of drug-likeness (QED) is 0.406. The van der Waals surface area contributed by atoms with Crippen molar-refractivity contribution in [2.75, 3.05) is 0 Å². The van der Waals surface area contributed by atoms with E-state index in [-0.39, 0.29) is 5.63 Å². The first-order valence-corrected chi connectivity index (χ1v) is 4.32. The predicted molar refractivity (Wildman–Crippen MR) is 57.2 cm³/mol. The van der Waals surface area contributed by atoms with Crippen LogP contribution in [-0.2, 0) is 0 Å². The van der Waals surface area contributed by atoms with Gasteiger partial charge in [-0.1, -0.05) is 0 Å². The van der Waals surface area contributed by atoms with E-state index >= 15 is 0 Å². The van der Waals surface area contributed by atoms with Crippen LogP contribution in [-0.4, -0.2) is 5.16 Å². The Morgan fingerprint density at radius 1 is 1.29 bits per heavy atom. The minimum atomic E-state index is -0.358. The molecule has 0 unspecified atom stereocenters. The molecule has 0 N–H and O–H groups in total. The van der Waals surface area contributed by atoms with Gasteiger partial charge in [0.05, 0.1) is 10.8 Å². The fraction of sp³-hybridized carbons (Fsp3) is 0. The van der Waals surface area contributed by atoms with Crippen molar-refractivity contribution >= 4 is 34.0 Å². The first kappa shape index (κ1) is 8.81. The minimum absolute atomic E-state index is 0.358. The Balaban J connectivity index is 2.73. The van der Waals surface area contributed by atoms with Gasteiger partial charge in [0.2, 0.25) is 0 Å². The molecule has 14 heavy (non-hydrogen) atoms. The Morgan fingerprint density at radius 2 is 2.14 bits per heavy atom. The number of aliphatic imine (C=N–C) groups is 1. The molecule has 0 fully saturated rings. The lowest BCUT2D eigenvalue weighted by Crippen LogP contribution is -1.93. The van der Waals surface area contributed by atoms with Gasteiger partial charge in [0, 0.05) is 11.5 Å². The van der Waals surface area contributed by atoms with Gasteiger partial charge in [-0.05, 0) is 36.5 Å². The molecule has 0 saturated heterocycles. The maximum atomic E-state index is 10.9.